The van der Waals surface area contributed by atoms with Crippen LogP contribution in [0.1, 0.15) is 6.92 Å². The number of hydrazone groups is 1. The first-order valence-electron chi connectivity index (χ1n) is 8.86. The van der Waals surface area contributed by atoms with Crippen LogP contribution in [0.4, 0.5) is 11.4 Å². The molecule has 2 aromatic carbocycles. The minimum Gasteiger partial charge on any atom is -0.461 e. The van der Waals surface area contributed by atoms with Crippen LogP contribution in [-0.4, -0.2) is 36.1 Å². The molecule has 2 aliphatic heterocycles. The van der Waals surface area contributed by atoms with Crippen LogP contribution in [0.5, 0.6) is 0 Å². The summed E-state index contributed by atoms with van der Waals surface area (Å²) in [6.07, 6.45) is 0. The van der Waals surface area contributed by atoms with Crippen molar-refractivity contribution in [2.24, 2.45) is 11.0 Å². The molecule has 0 N–H and O–H groups in total. The zero-order chi connectivity index (χ0) is 20.7. The first kappa shape index (κ1) is 19.6. The van der Waals surface area contributed by atoms with E-state index in [1.54, 1.807) is 55.5 Å². The highest BCUT2D eigenvalue weighted by atomic mass is 79.9. The number of amides is 2. The number of hydrogen-bond donors (Lipinski definition) is 0. The van der Waals surface area contributed by atoms with Crippen molar-refractivity contribution in [1.29, 1.82) is 0 Å². The van der Waals surface area contributed by atoms with Gasteiger partial charge in [-0.3, -0.25) is 9.59 Å². The number of carbonyl (C=O) groups excluding carboxylic acids is 3. The Hall–Kier alpha value is -2.71. The van der Waals surface area contributed by atoms with Crippen LogP contribution in [-0.2, 0) is 19.1 Å². The number of fused-ring (bicyclic) bond motifs is 1. The molecule has 0 saturated carbocycles. The molecular weight excluding hydrogens is 462 g/mol. The third-order valence-corrected chi connectivity index (χ3v) is 5.57. The molecule has 0 aliphatic carbocycles. The Labute approximate surface area is 180 Å². The van der Waals surface area contributed by atoms with Gasteiger partial charge in [0.15, 0.2) is 5.71 Å². The number of imide groups is 1. The average molecular weight is 477 g/mol. The molecule has 4 rings (SSSR count). The van der Waals surface area contributed by atoms with Crippen LogP contribution >= 0.6 is 27.5 Å². The van der Waals surface area contributed by atoms with Gasteiger partial charge < -0.3 is 4.74 Å². The Kier molecular flexibility index (Phi) is 5.14. The lowest BCUT2D eigenvalue weighted by Gasteiger charge is -2.22. The second-order valence-electron chi connectivity index (χ2n) is 6.41. The molecule has 0 unspecified atom stereocenters. The number of rotatable bonds is 4. The fourth-order valence-electron chi connectivity index (χ4n) is 3.47. The van der Waals surface area contributed by atoms with Gasteiger partial charge in [-0.15, -0.1) is 0 Å². The van der Waals surface area contributed by atoms with E-state index in [0.717, 1.165) is 9.37 Å². The van der Waals surface area contributed by atoms with Crippen molar-refractivity contribution in [3.63, 3.8) is 0 Å². The number of halogens is 2. The molecule has 0 radical (unpaired) electrons. The maximum atomic E-state index is 13.3. The Balaban J connectivity index is 1.81. The Bertz CT molecular complexity index is 1040. The molecule has 2 amide bonds. The number of hydrogen-bond acceptors (Lipinski definition) is 6. The molecule has 2 aliphatic rings. The van der Waals surface area contributed by atoms with E-state index in [1.165, 1.54) is 5.01 Å². The van der Waals surface area contributed by atoms with Crippen molar-refractivity contribution >= 4 is 62.4 Å². The van der Waals surface area contributed by atoms with Crippen LogP contribution in [0, 0.1) is 5.92 Å². The molecule has 7 nitrogen and oxygen atoms in total. The van der Waals surface area contributed by atoms with Crippen LogP contribution in [0.15, 0.2) is 58.1 Å². The van der Waals surface area contributed by atoms with Crippen molar-refractivity contribution in [3.8, 4) is 0 Å². The minimum atomic E-state index is -1.07. The summed E-state index contributed by atoms with van der Waals surface area (Å²) in [7, 11) is 0. The van der Waals surface area contributed by atoms with E-state index in [0.29, 0.717) is 16.4 Å². The summed E-state index contributed by atoms with van der Waals surface area (Å²) in [5, 5.41) is 5.98. The summed E-state index contributed by atoms with van der Waals surface area (Å²) in [6, 6.07) is 12.6. The lowest BCUT2D eigenvalue weighted by molar-refractivity contribution is -0.136. The molecule has 1 fully saturated rings. The number of ether oxygens (including phenoxy) is 1. The van der Waals surface area contributed by atoms with E-state index in [1.807, 2.05) is 0 Å². The largest absolute Gasteiger partial charge is 0.461 e. The third kappa shape index (κ3) is 3.22. The summed E-state index contributed by atoms with van der Waals surface area (Å²) < 4.78 is 5.88. The van der Waals surface area contributed by atoms with Gasteiger partial charge in [-0.05, 0) is 43.3 Å². The van der Waals surface area contributed by atoms with E-state index >= 15 is 0 Å². The number of esters is 1. The highest BCUT2D eigenvalue weighted by Crippen LogP contribution is 2.40. The highest BCUT2D eigenvalue weighted by molar-refractivity contribution is 9.10. The van der Waals surface area contributed by atoms with E-state index in [-0.39, 0.29) is 12.3 Å². The number of carbonyl (C=O) groups is 3. The normalized spacial score (nSPS) is 20.7. The molecule has 2 aromatic rings. The summed E-state index contributed by atoms with van der Waals surface area (Å²) >= 11 is 9.63. The topological polar surface area (TPSA) is 79.3 Å². The van der Waals surface area contributed by atoms with E-state index in [9.17, 15) is 14.4 Å². The molecule has 2 heterocycles. The van der Waals surface area contributed by atoms with Crippen molar-refractivity contribution in [3.05, 3.63) is 58.0 Å². The van der Waals surface area contributed by atoms with Gasteiger partial charge in [-0.25, -0.2) is 14.7 Å². The summed E-state index contributed by atoms with van der Waals surface area (Å²) in [5.41, 5.74) is 0.747. The van der Waals surface area contributed by atoms with Crippen LogP contribution in [0.2, 0.25) is 5.02 Å². The predicted molar refractivity (Wildman–Crippen MR) is 112 cm³/mol. The van der Waals surface area contributed by atoms with Crippen LogP contribution in [0.3, 0.4) is 0 Å². The summed E-state index contributed by atoms with van der Waals surface area (Å²) in [4.78, 5) is 40.1. The first-order valence-corrected chi connectivity index (χ1v) is 10.0. The summed E-state index contributed by atoms with van der Waals surface area (Å²) in [5.74, 6) is -2.80. The molecule has 2 atom stereocenters. The number of para-hydroxylation sites is 1. The standard InChI is InChI=1S/C20H15BrClN3O4/c1-2-29-20(28)16-15-17(25(23-16)14-6-4-3-5-13(14)22)19(27)24(18(15)26)12-9-7-11(21)8-10-12/h3-10,15,17H,2H2,1H3/t15-,17-/m0/s1. The van der Waals surface area contributed by atoms with Gasteiger partial charge in [-0.2, -0.15) is 5.10 Å². The molecule has 0 bridgehead atoms. The monoisotopic (exact) mass is 475 g/mol. The second kappa shape index (κ2) is 7.61. The molecule has 9 heteroatoms. The summed E-state index contributed by atoms with van der Waals surface area (Å²) in [6.45, 7) is 1.78. The maximum absolute atomic E-state index is 13.3. The van der Waals surface area contributed by atoms with Gasteiger partial charge in [0.2, 0.25) is 5.91 Å². The molecule has 0 aromatic heterocycles. The van der Waals surface area contributed by atoms with Gasteiger partial charge >= 0.3 is 5.97 Å². The van der Waals surface area contributed by atoms with Gasteiger partial charge in [0.1, 0.15) is 12.0 Å². The van der Waals surface area contributed by atoms with Gasteiger partial charge in [0.25, 0.3) is 5.91 Å². The number of anilines is 2. The van der Waals surface area contributed by atoms with Crippen LogP contribution in [0.25, 0.3) is 0 Å². The molecule has 148 valence electrons. The quantitative estimate of drug-likeness (QED) is 0.499. The van der Waals surface area contributed by atoms with Crippen LogP contribution < -0.4 is 9.91 Å². The molecule has 29 heavy (non-hydrogen) atoms. The van der Waals surface area contributed by atoms with Crippen molar-refractivity contribution in [1.82, 2.24) is 0 Å². The Morgan fingerprint density at radius 1 is 1.14 bits per heavy atom. The third-order valence-electron chi connectivity index (χ3n) is 4.72. The zero-order valence-electron chi connectivity index (χ0n) is 15.2. The minimum absolute atomic E-state index is 0.102. The highest BCUT2D eigenvalue weighted by Gasteiger charge is 2.59. The Morgan fingerprint density at radius 2 is 1.83 bits per heavy atom. The number of nitrogens with zero attached hydrogens (tertiary/aromatic N) is 3. The molecule has 0 spiro atoms. The van der Waals surface area contributed by atoms with Gasteiger partial charge in [0, 0.05) is 4.47 Å². The van der Waals surface area contributed by atoms with Gasteiger partial charge in [-0.1, -0.05) is 39.7 Å². The number of benzene rings is 2. The average Bonchev–Trinajstić information content (AvgIpc) is 3.21. The fourth-order valence-corrected chi connectivity index (χ4v) is 3.96. The van der Waals surface area contributed by atoms with E-state index < -0.39 is 29.7 Å². The lowest BCUT2D eigenvalue weighted by atomic mass is 9.98. The first-order chi connectivity index (χ1) is 13.9. The van der Waals surface area contributed by atoms with E-state index in [4.69, 9.17) is 16.3 Å². The van der Waals surface area contributed by atoms with E-state index in [2.05, 4.69) is 21.0 Å². The maximum Gasteiger partial charge on any atom is 0.355 e. The van der Waals surface area contributed by atoms with Crippen molar-refractivity contribution < 1.29 is 19.1 Å². The molecular formula is C20H15BrClN3O4. The second-order valence-corrected chi connectivity index (χ2v) is 7.74. The van der Waals surface area contributed by atoms with Crippen molar-refractivity contribution in [2.75, 3.05) is 16.5 Å². The Morgan fingerprint density at radius 3 is 2.48 bits per heavy atom. The zero-order valence-corrected chi connectivity index (χ0v) is 17.6. The predicted octanol–water partition coefficient (Wildman–Crippen LogP) is 3.40. The fraction of sp³-hybridized carbons (Fsp3) is 0.200. The smallest absolute Gasteiger partial charge is 0.355 e. The lowest BCUT2D eigenvalue weighted by Crippen LogP contribution is -2.39. The van der Waals surface area contributed by atoms with Crippen molar-refractivity contribution in [2.45, 2.75) is 13.0 Å². The van der Waals surface area contributed by atoms with Gasteiger partial charge in [0.05, 0.1) is 23.0 Å². The SMILES string of the molecule is CCOC(=O)C1=NN(c2ccccc2Cl)[C@@H]2C(=O)N(c3ccc(Br)cc3)C(=O)[C@@H]12. The molecule has 1 saturated heterocycles.